The standard InChI is InChI=1S/C6H6N5/c7-1-4-6-5(11-10-4)2-8-3-9-6/h2-3,7H,1H2,(H,10,11). The summed E-state index contributed by atoms with van der Waals surface area (Å²) in [6, 6.07) is 0. The molecule has 0 spiro atoms. The van der Waals surface area contributed by atoms with Crippen molar-refractivity contribution in [1.82, 2.24) is 25.9 Å². The van der Waals surface area contributed by atoms with Crippen LogP contribution in [0.15, 0.2) is 12.5 Å². The summed E-state index contributed by atoms with van der Waals surface area (Å²) in [6.07, 6.45) is 3.08. The van der Waals surface area contributed by atoms with E-state index >= 15 is 0 Å². The van der Waals surface area contributed by atoms with E-state index in [1.165, 1.54) is 6.33 Å². The Morgan fingerprint density at radius 2 is 2.45 bits per heavy atom. The molecular formula is C6H6N5. The van der Waals surface area contributed by atoms with Crippen LogP contribution < -0.4 is 5.73 Å². The molecule has 2 rings (SSSR count). The largest absolute Gasteiger partial charge is 0.278 e. The lowest BCUT2D eigenvalue weighted by atomic mass is 10.3. The van der Waals surface area contributed by atoms with Gasteiger partial charge in [0.25, 0.3) is 0 Å². The van der Waals surface area contributed by atoms with Gasteiger partial charge in [-0.2, -0.15) is 5.10 Å². The Labute approximate surface area is 62.7 Å². The summed E-state index contributed by atoms with van der Waals surface area (Å²) in [7, 11) is 0. The van der Waals surface area contributed by atoms with Crippen molar-refractivity contribution in [1.29, 1.82) is 0 Å². The first kappa shape index (κ1) is 6.23. The SMILES string of the molecule is [NH]Cc1[nH]nc2cncnc12. The fourth-order valence-electron chi connectivity index (χ4n) is 0.941. The zero-order chi connectivity index (χ0) is 7.68. The zero-order valence-electron chi connectivity index (χ0n) is 5.70. The van der Waals surface area contributed by atoms with Crippen molar-refractivity contribution in [2.45, 2.75) is 6.54 Å². The summed E-state index contributed by atoms with van der Waals surface area (Å²) in [5, 5.41) is 6.64. The number of rotatable bonds is 1. The molecule has 0 aliphatic carbocycles. The van der Waals surface area contributed by atoms with Gasteiger partial charge in [-0.15, -0.1) is 0 Å². The molecule has 11 heavy (non-hydrogen) atoms. The smallest absolute Gasteiger partial charge is 0.129 e. The topological polar surface area (TPSA) is 78.3 Å². The van der Waals surface area contributed by atoms with Gasteiger partial charge in [0.05, 0.1) is 18.4 Å². The van der Waals surface area contributed by atoms with Crippen molar-refractivity contribution >= 4 is 11.0 Å². The van der Waals surface area contributed by atoms with Crippen LogP contribution in [0.4, 0.5) is 0 Å². The molecule has 1 radical (unpaired) electrons. The van der Waals surface area contributed by atoms with Gasteiger partial charge in [0, 0.05) is 0 Å². The summed E-state index contributed by atoms with van der Waals surface area (Å²) in [5.74, 6) is 0. The quantitative estimate of drug-likeness (QED) is 0.624. The van der Waals surface area contributed by atoms with Gasteiger partial charge in [-0.25, -0.2) is 9.97 Å². The third-order valence-corrected chi connectivity index (χ3v) is 1.47. The minimum atomic E-state index is 0.174. The summed E-state index contributed by atoms with van der Waals surface area (Å²) in [6.45, 7) is 0.174. The zero-order valence-corrected chi connectivity index (χ0v) is 5.70. The van der Waals surface area contributed by atoms with E-state index in [2.05, 4.69) is 20.2 Å². The lowest BCUT2D eigenvalue weighted by Gasteiger charge is -1.87. The molecule has 0 saturated heterocycles. The molecule has 0 bridgehead atoms. The maximum Gasteiger partial charge on any atom is 0.129 e. The molecule has 0 aromatic carbocycles. The number of fused-ring (bicyclic) bond motifs is 1. The van der Waals surface area contributed by atoms with Crippen LogP contribution in [-0.2, 0) is 6.54 Å². The molecule has 2 heterocycles. The minimum absolute atomic E-state index is 0.174. The van der Waals surface area contributed by atoms with Crippen LogP contribution in [0.25, 0.3) is 11.0 Å². The third kappa shape index (κ3) is 0.857. The lowest BCUT2D eigenvalue weighted by Crippen LogP contribution is -1.86. The fraction of sp³-hybridized carbons (Fsp3) is 0.167. The molecule has 0 aliphatic heterocycles. The number of hydrogen-bond donors (Lipinski definition) is 1. The molecule has 0 saturated carbocycles. The first-order valence-corrected chi connectivity index (χ1v) is 3.19. The number of nitrogens with one attached hydrogen (secondary N) is 2. The summed E-state index contributed by atoms with van der Waals surface area (Å²) in [4.78, 5) is 7.79. The van der Waals surface area contributed by atoms with E-state index in [9.17, 15) is 0 Å². The van der Waals surface area contributed by atoms with Gasteiger partial charge in [-0.3, -0.25) is 10.8 Å². The number of hydrogen-bond acceptors (Lipinski definition) is 3. The average molecular weight is 148 g/mol. The summed E-state index contributed by atoms with van der Waals surface area (Å²) >= 11 is 0. The highest BCUT2D eigenvalue weighted by Crippen LogP contribution is 2.09. The van der Waals surface area contributed by atoms with Crippen molar-refractivity contribution in [2.24, 2.45) is 0 Å². The molecule has 2 aromatic rings. The van der Waals surface area contributed by atoms with Gasteiger partial charge in [-0.1, -0.05) is 0 Å². The van der Waals surface area contributed by atoms with E-state index in [-0.39, 0.29) is 6.54 Å². The second kappa shape index (κ2) is 2.28. The van der Waals surface area contributed by atoms with Crippen LogP contribution >= 0.6 is 0 Å². The predicted octanol–water partition coefficient (Wildman–Crippen LogP) is 0.136. The number of aromatic amines is 1. The highest BCUT2D eigenvalue weighted by atomic mass is 15.1. The molecule has 2 aromatic heterocycles. The maximum atomic E-state index is 7.11. The van der Waals surface area contributed by atoms with Crippen molar-refractivity contribution in [3.8, 4) is 0 Å². The Morgan fingerprint density at radius 1 is 1.55 bits per heavy atom. The minimum Gasteiger partial charge on any atom is -0.278 e. The lowest BCUT2D eigenvalue weighted by molar-refractivity contribution is 0.933. The summed E-state index contributed by atoms with van der Waals surface area (Å²) < 4.78 is 0. The molecule has 0 atom stereocenters. The van der Waals surface area contributed by atoms with E-state index in [0.717, 1.165) is 16.7 Å². The van der Waals surface area contributed by atoms with Crippen molar-refractivity contribution < 1.29 is 0 Å². The van der Waals surface area contributed by atoms with Gasteiger partial charge < -0.3 is 0 Å². The summed E-state index contributed by atoms with van der Waals surface area (Å²) in [5.41, 5.74) is 9.31. The van der Waals surface area contributed by atoms with E-state index in [1.54, 1.807) is 6.20 Å². The van der Waals surface area contributed by atoms with Crippen LogP contribution in [0.3, 0.4) is 0 Å². The van der Waals surface area contributed by atoms with E-state index in [4.69, 9.17) is 5.73 Å². The van der Waals surface area contributed by atoms with E-state index < -0.39 is 0 Å². The molecular weight excluding hydrogens is 142 g/mol. The second-order valence-corrected chi connectivity index (χ2v) is 2.14. The van der Waals surface area contributed by atoms with Gasteiger partial charge in [0.1, 0.15) is 17.4 Å². The van der Waals surface area contributed by atoms with E-state index in [0.29, 0.717) is 0 Å². The maximum absolute atomic E-state index is 7.11. The van der Waals surface area contributed by atoms with Crippen LogP contribution in [0, 0.1) is 0 Å². The number of aromatic nitrogens is 4. The van der Waals surface area contributed by atoms with Gasteiger partial charge in [-0.05, 0) is 0 Å². The molecule has 5 heteroatoms. The van der Waals surface area contributed by atoms with Crippen molar-refractivity contribution in [2.75, 3.05) is 0 Å². The van der Waals surface area contributed by atoms with Crippen LogP contribution in [0.2, 0.25) is 0 Å². The van der Waals surface area contributed by atoms with Crippen LogP contribution in [-0.4, -0.2) is 20.2 Å². The molecule has 0 unspecified atom stereocenters. The Balaban J connectivity index is 2.76. The molecule has 2 N–H and O–H groups in total. The third-order valence-electron chi connectivity index (χ3n) is 1.47. The fourth-order valence-corrected chi connectivity index (χ4v) is 0.941. The Hall–Kier alpha value is -1.49. The molecule has 0 fully saturated rings. The van der Waals surface area contributed by atoms with Crippen molar-refractivity contribution in [3.05, 3.63) is 18.2 Å². The molecule has 5 nitrogen and oxygen atoms in total. The second-order valence-electron chi connectivity index (χ2n) is 2.14. The first-order chi connectivity index (χ1) is 5.42. The Kier molecular flexibility index (Phi) is 1.29. The monoisotopic (exact) mass is 148 g/mol. The van der Waals surface area contributed by atoms with Crippen molar-refractivity contribution in [3.63, 3.8) is 0 Å². The number of nitrogens with zero attached hydrogens (tertiary/aromatic N) is 3. The Bertz CT molecular complexity index is 366. The first-order valence-electron chi connectivity index (χ1n) is 3.19. The predicted molar refractivity (Wildman–Crippen MR) is 38.5 cm³/mol. The molecule has 55 valence electrons. The highest BCUT2D eigenvalue weighted by Gasteiger charge is 2.02. The van der Waals surface area contributed by atoms with Gasteiger partial charge >= 0.3 is 0 Å². The normalized spacial score (nSPS) is 10.6. The van der Waals surface area contributed by atoms with Crippen LogP contribution in [0.1, 0.15) is 5.69 Å². The average Bonchev–Trinajstić information content (AvgIpc) is 2.47. The van der Waals surface area contributed by atoms with E-state index in [1.807, 2.05) is 0 Å². The van der Waals surface area contributed by atoms with Gasteiger partial charge in [0.15, 0.2) is 0 Å². The highest BCUT2D eigenvalue weighted by molar-refractivity contribution is 5.75. The Morgan fingerprint density at radius 3 is 3.27 bits per heavy atom. The molecule has 0 amide bonds. The van der Waals surface area contributed by atoms with Gasteiger partial charge in [0.2, 0.25) is 0 Å². The van der Waals surface area contributed by atoms with Crippen LogP contribution in [0.5, 0.6) is 0 Å². The number of H-pyrrole nitrogens is 1. The molecule has 0 aliphatic rings.